The molecule has 0 spiro atoms. The summed E-state index contributed by atoms with van der Waals surface area (Å²) in [6.45, 7) is 1.72. The van der Waals surface area contributed by atoms with Gasteiger partial charge in [0.25, 0.3) is 0 Å². The molecule has 1 atom stereocenters. The van der Waals surface area contributed by atoms with E-state index in [0.717, 1.165) is 41.6 Å². The van der Waals surface area contributed by atoms with Crippen molar-refractivity contribution in [3.8, 4) is 16.9 Å². The second-order valence-corrected chi connectivity index (χ2v) is 7.71. The summed E-state index contributed by atoms with van der Waals surface area (Å²) in [6.07, 6.45) is 6.25. The Morgan fingerprint density at radius 1 is 1.29 bits per heavy atom. The van der Waals surface area contributed by atoms with Gasteiger partial charge in [0.2, 0.25) is 5.91 Å². The van der Waals surface area contributed by atoms with Crippen molar-refractivity contribution in [2.75, 3.05) is 18.2 Å². The van der Waals surface area contributed by atoms with Crippen molar-refractivity contribution in [3.63, 3.8) is 0 Å². The van der Waals surface area contributed by atoms with Crippen molar-refractivity contribution >= 4 is 11.6 Å². The summed E-state index contributed by atoms with van der Waals surface area (Å²) in [6, 6.07) is 4.28. The highest BCUT2D eigenvalue weighted by Gasteiger charge is 2.31. The second-order valence-electron chi connectivity index (χ2n) is 7.71. The van der Waals surface area contributed by atoms with Gasteiger partial charge in [-0.15, -0.1) is 0 Å². The average Bonchev–Trinajstić information content (AvgIpc) is 3.42. The van der Waals surface area contributed by atoms with E-state index < -0.39 is 19.5 Å². The summed E-state index contributed by atoms with van der Waals surface area (Å²) in [5.41, 5.74) is 3.21. The molecule has 2 aliphatic rings. The summed E-state index contributed by atoms with van der Waals surface area (Å²) in [4.78, 5) is 13.9. The van der Waals surface area contributed by atoms with E-state index in [-0.39, 0.29) is 11.9 Å². The molecule has 2 aromatic rings. The third-order valence-electron chi connectivity index (χ3n) is 5.55. The molecule has 5 nitrogen and oxygen atoms in total. The second kappa shape index (κ2) is 7.53. The van der Waals surface area contributed by atoms with Gasteiger partial charge in [0.1, 0.15) is 19.1 Å². The van der Waals surface area contributed by atoms with Gasteiger partial charge in [-0.1, -0.05) is 0 Å². The lowest BCUT2D eigenvalue weighted by Gasteiger charge is -2.36. The number of carbonyl (C=O) groups excluding carboxylic acids is 1. The third-order valence-corrected chi connectivity index (χ3v) is 5.55. The molecular weight excluding hydrogens is 364 g/mol. The number of ether oxygens (including phenoxy) is 1. The van der Waals surface area contributed by atoms with Crippen LogP contribution in [0.2, 0.25) is 0 Å². The molecule has 0 saturated heterocycles. The molecule has 28 heavy (non-hydrogen) atoms. The van der Waals surface area contributed by atoms with Crippen molar-refractivity contribution in [2.45, 2.75) is 57.7 Å². The molecule has 7 heteroatoms. The highest BCUT2D eigenvalue weighted by atomic mass is 19.1. The first-order chi connectivity index (χ1) is 13.5. The molecule has 150 valence electrons. The number of nitrogens with zero attached hydrogens (tertiary/aromatic N) is 3. The van der Waals surface area contributed by atoms with Crippen LogP contribution < -0.4 is 9.64 Å². The number of fused-ring (bicyclic) bond motifs is 1. The van der Waals surface area contributed by atoms with Gasteiger partial charge < -0.3 is 9.64 Å². The molecule has 1 amide bonds. The summed E-state index contributed by atoms with van der Waals surface area (Å²) in [7, 11) is 0. The molecule has 1 saturated carbocycles. The molecule has 1 aromatic heterocycles. The van der Waals surface area contributed by atoms with Crippen molar-refractivity contribution in [3.05, 3.63) is 30.1 Å². The van der Waals surface area contributed by atoms with Crippen LogP contribution in [0.4, 0.5) is 14.5 Å². The van der Waals surface area contributed by atoms with Gasteiger partial charge in [-0.05, 0) is 44.7 Å². The summed E-state index contributed by atoms with van der Waals surface area (Å²) < 4.78 is 34.3. The first-order valence-electron chi connectivity index (χ1n) is 9.82. The highest BCUT2D eigenvalue weighted by Crippen LogP contribution is 2.44. The van der Waals surface area contributed by atoms with Crippen molar-refractivity contribution in [2.24, 2.45) is 0 Å². The molecule has 0 bridgehead atoms. The molecule has 1 aliphatic carbocycles. The van der Waals surface area contributed by atoms with Crippen LogP contribution in [0.25, 0.3) is 11.1 Å². The zero-order chi connectivity index (χ0) is 19.8. The van der Waals surface area contributed by atoms with Crippen molar-refractivity contribution in [1.82, 2.24) is 9.78 Å². The van der Waals surface area contributed by atoms with Crippen LogP contribution in [-0.2, 0) is 11.2 Å². The Labute approximate surface area is 163 Å². The van der Waals surface area contributed by atoms with E-state index in [0.29, 0.717) is 18.2 Å². The fraction of sp³-hybridized carbons (Fsp3) is 0.524. The van der Waals surface area contributed by atoms with Crippen LogP contribution >= 0.6 is 0 Å². The number of hydrogen-bond acceptors (Lipinski definition) is 3. The third kappa shape index (κ3) is 3.38. The molecular formula is C21H25F2N3O2. The minimum atomic E-state index is -1.16. The van der Waals surface area contributed by atoms with Crippen LogP contribution in [0.3, 0.4) is 0 Å². The molecule has 1 aliphatic heterocycles. The smallest absolute Gasteiger partial charge is 0.224 e. The minimum absolute atomic E-state index is 0.0544. The molecule has 1 aromatic carbocycles. The summed E-state index contributed by atoms with van der Waals surface area (Å²) in [5, 5.41) is 4.43. The van der Waals surface area contributed by atoms with Crippen molar-refractivity contribution < 1.29 is 18.3 Å². The van der Waals surface area contributed by atoms with E-state index in [4.69, 9.17) is 4.74 Å². The Balaban J connectivity index is 1.82. The highest BCUT2D eigenvalue weighted by molar-refractivity contribution is 5.95. The monoisotopic (exact) mass is 389 g/mol. The van der Waals surface area contributed by atoms with Gasteiger partial charge in [-0.3, -0.25) is 9.48 Å². The van der Waals surface area contributed by atoms with Gasteiger partial charge >= 0.3 is 0 Å². The van der Waals surface area contributed by atoms with Gasteiger partial charge in [-0.2, -0.15) is 5.10 Å². The number of halogens is 2. The number of benzene rings is 1. The van der Waals surface area contributed by atoms with Crippen LogP contribution in [0, 0.1) is 0 Å². The topological polar surface area (TPSA) is 47.4 Å². The van der Waals surface area contributed by atoms with Crippen molar-refractivity contribution in [1.29, 1.82) is 0 Å². The Morgan fingerprint density at radius 3 is 2.68 bits per heavy atom. The van der Waals surface area contributed by atoms with Crippen LogP contribution in [-0.4, -0.2) is 41.2 Å². The maximum Gasteiger partial charge on any atom is 0.224 e. The number of anilines is 1. The Morgan fingerprint density at radius 2 is 2.04 bits per heavy atom. The molecule has 1 fully saturated rings. The van der Waals surface area contributed by atoms with E-state index in [1.54, 1.807) is 11.1 Å². The zero-order valence-electron chi connectivity index (χ0n) is 16.2. The summed E-state index contributed by atoms with van der Waals surface area (Å²) >= 11 is 0. The van der Waals surface area contributed by atoms with Crippen LogP contribution in [0.1, 0.15) is 44.7 Å². The van der Waals surface area contributed by atoms with Gasteiger partial charge in [-0.25, -0.2) is 8.78 Å². The maximum atomic E-state index is 13.2. The van der Waals surface area contributed by atoms with Crippen LogP contribution in [0.5, 0.6) is 5.75 Å². The first-order valence-corrected chi connectivity index (χ1v) is 9.82. The lowest BCUT2D eigenvalue weighted by atomic mass is 9.92. The molecule has 0 N–H and O–H groups in total. The Hall–Kier alpha value is -2.44. The SMILES string of the molecule is CC(=O)N1c2ccc(-c3cnn(C4CC4)c3)c(OC(CF)CF)c2CC[C@@H]1C. The predicted molar refractivity (Wildman–Crippen MR) is 103 cm³/mol. The quantitative estimate of drug-likeness (QED) is 0.742. The molecule has 0 unspecified atom stereocenters. The number of carbonyl (C=O) groups is 1. The lowest BCUT2D eigenvalue weighted by molar-refractivity contribution is -0.117. The number of aromatic nitrogens is 2. The Bertz CT molecular complexity index is 875. The predicted octanol–water partition coefficient (Wildman–Crippen LogP) is 4.26. The Kier molecular flexibility index (Phi) is 5.08. The number of amides is 1. The fourth-order valence-corrected chi connectivity index (χ4v) is 3.93. The first kappa shape index (κ1) is 18.9. The zero-order valence-corrected chi connectivity index (χ0v) is 16.2. The van der Waals surface area contributed by atoms with E-state index in [2.05, 4.69) is 5.10 Å². The van der Waals surface area contributed by atoms with E-state index in [1.807, 2.05) is 29.9 Å². The van der Waals surface area contributed by atoms with E-state index in [9.17, 15) is 13.6 Å². The summed E-state index contributed by atoms with van der Waals surface area (Å²) in [5.74, 6) is 0.410. The minimum Gasteiger partial charge on any atom is -0.484 e. The number of hydrogen-bond donors (Lipinski definition) is 0. The molecule has 2 heterocycles. The number of alkyl halides is 2. The average molecular weight is 389 g/mol. The maximum absolute atomic E-state index is 13.2. The van der Waals surface area contributed by atoms with Gasteiger partial charge in [0.15, 0.2) is 6.10 Å². The van der Waals surface area contributed by atoms with Gasteiger partial charge in [0.05, 0.1) is 17.9 Å². The standard InChI is InChI=1S/C21H25F2N3O2/c1-13-3-6-19-20(26(13)14(2)27)8-7-18(21(19)28-17(9-22)10-23)15-11-24-25(12-15)16-4-5-16/h7-8,11-13,16-17H,3-6,9-10H2,1-2H3/t13-/m0/s1. The lowest BCUT2D eigenvalue weighted by Crippen LogP contribution is -2.41. The molecule has 0 radical (unpaired) electrons. The normalized spacial score (nSPS) is 19.0. The molecule has 4 rings (SSSR count). The largest absolute Gasteiger partial charge is 0.484 e. The number of rotatable bonds is 6. The fourth-order valence-electron chi connectivity index (χ4n) is 3.93. The van der Waals surface area contributed by atoms with E-state index >= 15 is 0 Å². The van der Waals surface area contributed by atoms with Crippen LogP contribution in [0.15, 0.2) is 24.5 Å². The van der Waals surface area contributed by atoms with Gasteiger partial charge in [0, 0.05) is 35.9 Å². The van der Waals surface area contributed by atoms with E-state index in [1.165, 1.54) is 6.92 Å².